The van der Waals surface area contributed by atoms with Gasteiger partial charge in [-0.15, -0.1) is 0 Å². The number of ether oxygens (including phenoxy) is 1. The molecule has 0 N–H and O–H groups in total. The lowest BCUT2D eigenvalue weighted by atomic mass is 10.1. The first-order chi connectivity index (χ1) is 13.2. The normalized spacial score (nSPS) is 17.2. The molecule has 2 aromatic heterocycles. The zero-order valence-electron chi connectivity index (χ0n) is 17.0. The van der Waals surface area contributed by atoms with Gasteiger partial charge in [-0.1, -0.05) is 26.6 Å². The van der Waals surface area contributed by atoms with Crippen LogP contribution in [0, 0.1) is 0 Å². The van der Waals surface area contributed by atoms with Crippen LogP contribution in [-0.2, 0) is 16.3 Å². The summed E-state index contributed by atoms with van der Waals surface area (Å²) in [5, 5.41) is 4.74. The Morgan fingerprint density at radius 1 is 1.32 bits per heavy atom. The molecular formula is C18H27ClN6O2Si. The third-order valence-corrected chi connectivity index (χ3v) is 6.60. The summed E-state index contributed by atoms with van der Waals surface area (Å²) >= 11 is 6.04. The van der Waals surface area contributed by atoms with E-state index in [1.807, 2.05) is 24.1 Å². The minimum atomic E-state index is -1.12. The number of halogens is 1. The summed E-state index contributed by atoms with van der Waals surface area (Å²) in [6, 6.07) is 2.57. The maximum absolute atomic E-state index is 12.8. The predicted octanol–water partition coefficient (Wildman–Crippen LogP) is 3.53. The van der Waals surface area contributed by atoms with Crippen LogP contribution in [0.15, 0.2) is 18.5 Å². The highest BCUT2D eigenvalue weighted by Crippen LogP contribution is 2.38. The maximum atomic E-state index is 12.8. The first kappa shape index (κ1) is 20.8. The Hall–Kier alpha value is -1.97. The van der Waals surface area contributed by atoms with E-state index in [1.165, 1.54) is 0 Å². The molecule has 0 fully saturated rings. The van der Waals surface area contributed by atoms with Crippen molar-refractivity contribution in [3.63, 3.8) is 0 Å². The van der Waals surface area contributed by atoms with Crippen molar-refractivity contribution in [3.8, 4) is 0 Å². The van der Waals surface area contributed by atoms with Gasteiger partial charge in [0.15, 0.2) is 11.6 Å². The van der Waals surface area contributed by atoms with E-state index >= 15 is 0 Å². The van der Waals surface area contributed by atoms with Gasteiger partial charge in [0, 0.05) is 34.0 Å². The molecule has 28 heavy (non-hydrogen) atoms. The number of anilines is 3. The summed E-state index contributed by atoms with van der Waals surface area (Å²) in [7, 11) is 0.604. The zero-order valence-corrected chi connectivity index (χ0v) is 18.8. The molecule has 3 heterocycles. The van der Waals surface area contributed by atoms with Crippen LogP contribution in [-0.4, -0.2) is 53.4 Å². The Kier molecular flexibility index (Phi) is 6.06. The molecule has 0 bridgehead atoms. The molecule has 0 saturated heterocycles. The second-order valence-corrected chi connectivity index (χ2v) is 14.1. The monoisotopic (exact) mass is 422 g/mol. The largest absolute Gasteiger partial charge is 0.360 e. The molecule has 1 atom stereocenters. The summed E-state index contributed by atoms with van der Waals surface area (Å²) < 4.78 is 7.50. The van der Waals surface area contributed by atoms with Crippen molar-refractivity contribution in [2.75, 3.05) is 23.5 Å². The van der Waals surface area contributed by atoms with Crippen LogP contribution in [0.25, 0.3) is 0 Å². The van der Waals surface area contributed by atoms with Gasteiger partial charge >= 0.3 is 0 Å². The smallest absolute Gasteiger partial charge is 0.250 e. The molecule has 10 heteroatoms. The number of likely N-dealkylation sites (N-methyl/N-ethyl adjacent to an activating group) is 1. The van der Waals surface area contributed by atoms with Crippen LogP contribution >= 0.6 is 11.6 Å². The molecule has 0 spiro atoms. The molecule has 0 aromatic carbocycles. The number of aromatic nitrogens is 4. The molecule has 8 nitrogen and oxygen atoms in total. The summed E-state index contributed by atoms with van der Waals surface area (Å²) in [6.45, 7) is 10.0. The first-order valence-electron chi connectivity index (χ1n) is 9.42. The lowest BCUT2D eigenvalue weighted by Crippen LogP contribution is -2.50. The zero-order chi connectivity index (χ0) is 20.5. The van der Waals surface area contributed by atoms with Crippen LogP contribution < -0.4 is 9.80 Å². The quantitative estimate of drug-likeness (QED) is 0.386. The molecule has 1 aliphatic rings. The molecule has 0 aliphatic carbocycles. The number of fused-ring (bicyclic) bond motifs is 1. The van der Waals surface area contributed by atoms with E-state index in [9.17, 15) is 4.79 Å². The van der Waals surface area contributed by atoms with Crippen molar-refractivity contribution in [2.45, 2.75) is 51.8 Å². The minimum absolute atomic E-state index is 0.0261. The van der Waals surface area contributed by atoms with E-state index in [2.05, 4.69) is 34.7 Å². The highest BCUT2D eigenvalue weighted by molar-refractivity contribution is 6.76. The van der Waals surface area contributed by atoms with Gasteiger partial charge in [0.25, 0.3) is 0 Å². The number of hydrogen-bond donors (Lipinski definition) is 0. The van der Waals surface area contributed by atoms with Gasteiger partial charge in [-0.3, -0.25) is 9.69 Å². The third-order valence-electron chi connectivity index (χ3n) is 4.72. The van der Waals surface area contributed by atoms with E-state index in [0.29, 0.717) is 30.5 Å². The second-order valence-electron chi connectivity index (χ2n) is 8.10. The Morgan fingerprint density at radius 3 is 2.75 bits per heavy atom. The number of amides is 1. The predicted molar refractivity (Wildman–Crippen MR) is 113 cm³/mol. The van der Waals surface area contributed by atoms with Gasteiger partial charge in [0.2, 0.25) is 11.2 Å². The van der Waals surface area contributed by atoms with Gasteiger partial charge in [0.1, 0.15) is 18.5 Å². The maximum Gasteiger partial charge on any atom is 0.250 e. The molecular weight excluding hydrogens is 396 g/mol. The molecule has 0 radical (unpaired) electrons. The van der Waals surface area contributed by atoms with E-state index in [0.717, 1.165) is 12.7 Å². The minimum Gasteiger partial charge on any atom is -0.360 e. The number of hydrogen-bond acceptors (Lipinski definition) is 6. The molecule has 1 amide bonds. The Bertz CT molecular complexity index is 853. The summed E-state index contributed by atoms with van der Waals surface area (Å²) in [5.41, 5.74) is 0.611. The fourth-order valence-electron chi connectivity index (χ4n) is 3.07. The molecule has 1 unspecified atom stereocenters. The number of carbonyl (C=O) groups is 1. The van der Waals surface area contributed by atoms with E-state index < -0.39 is 14.1 Å². The van der Waals surface area contributed by atoms with Crippen LogP contribution in [0.4, 0.5) is 17.3 Å². The summed E-state index contributed by atoms with van der Waals surface area (Å²) in [6.07, 6.45) is 4.03. The molecule has 1 aliphatic heterocycles. The molecule has 3 rings (SSSR count). The fraction of sp³-hybridized carbons (Fsp3) is 0.556. The second kappa shape index (κ2) is 8.18. The van der Waals surface area contributed by atoms with Gasteiger partial charge < -0.3 is 9.64 Å². The number of nitrogens with zero attached hydrogens (tertiary/aromatic N) is 6. The topological polar surface area (TPSA) is 76.4 Å². The van der Waals surface area contributed by atoms with Crippen molar-refractivity contribution >= 4 is 42.9 Å². The van der Waals surface area contributed by atoms with Crippen molar-refractivity contribution in [2.24, 2.45) is 0 Å². The average Bonchev–Trinajstić information content (AvgIpc) is 3.09. The number of rotatable bonds is 7. The van der Waals surface area contributed by atoms with E-state index in [1.54, 1.807) is 22.8 Å². The van der Waals surface area contributed by atoms with Gasteiger partial charge in [-0.25, -0.2) is 9.67 Å². The SMILES string of the molecule is CCC1C(=O)N(C)c2cnc(Cl)nc2N1c1ccn(COCC[Si](C)(C)C)n1. The van der Waals surface area contributed by atoms with Crippen LogP contribution in [0.3, 0.4) is 0 Å². The van der Waals surface area contributed by atoms with Crippen LogP contribution in [0.5, 0.6) is 0 Å². The lowest BCUT2D eigenvalue weighted by Gasteiger charge is -2.38. The highest BCUT2D eigenvalue weighted by atomic mass is 35.5. The molecule has 0 saturated carbocycles. The van der Waals surface area contributed by atoms with Gasteiger partial charge in [-0.2, -0.15) is 10.1 Å². The third kappa shape index (κ3) is 4.36. The van der Waals surface area contributed by atoms with Gasteiger partial charge in [-0.05, 0) is 24.1 Å². The Labute approximate surface area is 171 Å². The van der Waals surface area contributed by atoms with Crippen molar-refractivity contribution in [1.29, 1.82) is 0 Å². The fourth-order valence-corrected chi connectivity index (χ4v) is 3.96. The van der Waals surface area contributed by atoms with E-state index in [4.69, 9.17) is 16.3 Å². The molecule has 152 valence electrons. The summed E-state index contributed by atoms with van der Waals surface area (Å²) in [4.78, 5) is 24.7. The van der Waals surface area contributed by atoms with Crippen molar-refractivity contribution in [3.05, 3.63) is 23.7 Å². The van der Waals surface area contributed by atoms with Crippen molar-refractivity contribution in [1.82, 2.24) is 19.7 Å². The average molecular weight is 423 g/mol. The molecule has 2 aromatic rings. The Morgan fingerprint density at radius 2 is 2.07 bits per heavy atom. The first-order valence-corrected chi connectivity index (χ1v) is 13.5. The number of carbonyl (C=O) groups excluding carboxylic acids is 1. The van der Waals surface area contributed by atoms with E-state index in [-0.39, 0.29) is 11.2 Å². The standard InChI is InChI=1S/C18H27ClN6O2Si/c1-6-13-17(26)23(2)14-11-20-18(19)21-16(14)25(13)15-7-8-24(22-15)12-27-9-10-28(3,4)5/h7-8,11,13H,6,9-10,12H2,1-5H3. The summed E-state index contributed by atoms with van der Waals surface area (Å²) in [5.74, 6) is 1.19. The highest BCUT2D eigenvalue weighted by Gasteiger charge is 2.38. The van der Waals surface area contributed by atoms with Crippen LogP contribution in [0.1, 0.15) is 13.3 Å². The lowest BCUT2D eigenvalue weighted by molar-refractivity contribution is -0.119. The Balaban J connectivity index is 1.84. The van der Waals surface area contributed by atoms with Crippen molar-refractivity contribution < 1.29 is 9.53 Å². The van der Waals surface area contributed by atoms with Gasteiger partial charge in [0.05, 0.1) is 6.20 Å². The van der Waals surface area contributed by atoms with Crippen LogP contribution in [0.2, 0.25) is 31.0 Å².